The SMILES string of the molecule is CCN1C(=O)CCC(C(=O)O)C1c1ccc2c(c1)OCO2. The van der Waals surface area contributed by atoms with Crippen LogP contribution in [0, 0.1) is 5.92 Å². The Morgan fingerprint density at radius 2 is 2.14 bits per heavy atom. The number of likely N-dealkylation sites (tertiary alicyclic amines) is 1. The van der Waals surface area contributed by atoms with E-state index in [1.165, 1.54) is 0 Å². The van der Waals surface area contributed by atoms with Crippen LogP contribution in [0.2, 0.25) is 0 Å². The standard InChI is InChI=1S/C15H17NO5/c1-2-16-13(17)6-4-10(15(18)19)14(16)9-3-5-11-12(7-9)21-8-20-11/h3,5,7,10,14H,2,4,6,8H2,1H3,(H,18,19). The molecule has 1 aromatic carbocycles. The maximum Gasteiger partial charge on any atom is 0.308 e. The van der Waals surface area contributed by atoms with Gasteiger partial charge in [-0.25, -0.2) is 0 Å². The summed E-state index contributed by atoms with van der Waals surface area (Å²) in [4.78, 5) is 25.3. The zero-order valence-corrected chi connectivity index (χ0v) is 11.7. The number of piperidine rings is 1. The third kappa shape index (κ3) is 2.30. The first-order valence-corrected chi connectivity index (χ1v) is 7.03. The van der Waals surface area contributed by atoms with Crippen LogP contribution in [-0.2, 0) is 9.59 Å². The lowest BCUT2D eigenvalue weighted by atomic mass is 9.84. The molecule has 0 aromatic heterocycles. The minimum atomic E-state index is -0.872. The van der Waals surface area contributed by atoms with Gasteiger partial charge >= 0.3 is 5.97 Å². The fraction of sp³-hybridized carbons (Fsp3) is 0.467. The summed E-state index contributed by atoms with van der Waals surface area (Å²) in [5.74, 6) is -0.217. The summed E-state index contributed by atoms with van der Waals surface area (Å²) in [6, 6.07) is 4.91. The highest BCUT2D eigenvalue weighted by atomic mass is 16.7. The molecule has 1 aromatic rings. The number of benzene rings is 1. The molecule has 1 amide bonds. The third-order valence-corrected chi connectivity index (χ3v) is 4.10. The molecule has 2 aliphatic rings. The van der Waals surface area contributed by atoms with E-state index in [0.717, 1.165) is 5.56 Å². The number of carbonyl (C=O) groups excluding carboxylic acids is 1. The molecule has 21 heavy (non-hydrogen) atoms. The van der Waals surface area contributed by atoms with Gasteiger partial charge in [-0.2, -0.15) is 0 Å². The van der Waals surface area contributed by atoms with Crippen molar-refractivity contribution in [3.05, 3.63) is 23.8 Å². The van der Waals surface area contributed by atoms with Crippen molar-refractivity contribution in [3.8, 4) is 11.5 Å². The molecule has 0 radical (unpaired) electrons. The smallest absolute Gasteiger partial charge is 0.308 e. The van der Waals surface area contributed by atoms with Crippen LogP contribution in [0.5, 0.6) is 11.5 Å². The lowest BCUT2D eigenvalue weighted by molar-refractivity contribution is -0.151. The Morgan fingerprint density at radius 1 is 1.38 bits per heavy atom. The molecule has 1 fully saturated rings. The molecule has 6 heteroatoms. The molecule has 2 unspecified atom stereocenters. The predicted molar refractivity (Wildman–Crippen MR) is 73.1 cm³/mol. The van der Waals surface area contributed by atoms with Crippen molar-refractivity contribution in [2.45, 2.75) is 25.8 Å². The van der Waals surface area contributed by atoms with Crippen molar-refractivity contribution < 1.29 is 24.2 Å². The maximum atomic E-state index is 12.1. The average molecular weight is 291 g/mol. The number of aliphatic carboxylic acids is 1. The predicted octanol–water partition coefficient (Wildman–Crippen LogP) is 1.80. The maximum absolute atomic E-state index is 12.1. The minimum absolute atomic E-state index is 0.00216. The van der Waals surface area contributed by atoms with E-state index in [1.807, 2.05) is 13.0 Å². The first-order valence-electron chi connectivity index (χ1n) is 7.03. The van der Waals surface area contributed by atoms with Crippen LogP contribution in [0.4, 0.5) is 0 Å². The lowest BCUT2D eigenvalue weighted by Gasteiger charge is -2.39. The van der Waals surface area contributed by atoms with Crippen LogP contribution in [-0.4, -0.2) is 35.2 Å². The number of ether oxygens (including phenoxy) is 2. The molecular weight excluding hydrogens is 274 g/mol. The number of rotatable bonds is 3. The van der Waals surface area contributed by atoms with Gasteiger partial charge in [-0.05, 0) is 31.0 Å². The van der Waals surface area contributed by atoms with Gasteiger partial charge in [0.2, 0.25) is 12.7 Å². The monoisotopic (exact) mass is 291 g/mol. The fourth-order valence-electron chi connectivity index (χ4n) is 3.09. The summed E-state index contributed by atoms with van der Waals surface area (Å²) in [5.41, 5.74) is 0.779. The first-order chi connectivity index (χ1) is 10.1. The van der Waals surface area contributed by atoms with E-state index in [-0.39, 0.29) is 19.1 Å². The van der Waals surface area contributed by atoms with E-state index in [9.17, 15) is 14.7 Å². The molecule has 0 saturated carbocycles. The van der Waals surface area contributed by atoms with Gasteiger partial charge in [0, 0.05) is 13.0 Å². The molecule has 0 spiro atoms. The Hall–Kier alpha value is -2.24. The highest BCUT2D eigenvalue weighted by molar-refractivity contribution is 5.81. The van der Waals surface area contributed by atoms with Gasteiger partial charge in [0.1, 0.15) is 0 Å². The topological polar surface area (TPSA) is 76.1 Å². The molecular formula is C15H17NO5. The van der Waals surface area contributed by atoms with Crippen molar-refractivity contribution in [2.24, 2.45) is 5.92 Å². The van der Waals surface area contributed by atoms with E-state index in [2.05, 4.69) is 0 Å². The lowest BCUT2D eigenvalue weighted by Crippen LogP contribution is -2.45. The van der Waals surface area contributed by atoms with Gasteiger partial charge in [0.15, 0.2) is 11.5 Å². The molecule has 0 bridgehead atoms. The molecule has 112 valence electrons. The molecule has 0 aliphatic carbocycles. The number of amides is 1. The molecule has 1 N–H and O–H groups in total. The van der Waals surface area contributed by atoms with Crippen LogP contribution in [0.25, 0.3) is 0 Å². The molecule has 2 heterocycles. The number of nitrogens with zero attached hydrogens (tertiary/aromatic N) is 1. The van der Waals surface area contributed by atoms with Gasteiger partial charge < -0.3 is 19.5 Å². The van der Waals surface area contributed by atoms with Gasteiger partial charge in [0.25, 0.3) is 0 Å². The van der Waals surface area contributed by atoms with E-state index in [0.29, 0.717) is 24.5 Å². The number of carboxylic acid groups (broad SMARTS) is 1. The fourth-order valence-corrected chi connectivity index (χ4v) is 3.09. The zero-order chi connectivity index (χ0) is 15.0. The quantitative estimate of drug-likeness (QED) is 0.919. The van der Waals surface area contributed by atoms with Crippen molar-refractivity contribution >= 4 is 11.9 Å². The molecule has 2 atom stereocenters. The summed E-state index contributed by atoms with van der Waals surface area (Å²) in [6.45, 7) is 2.52. The Bertz CT molecular complexity index is 583. The number of carboxylic acids is 1. The summed E-state index contributed by atoms with van der Waals surface area (Å²) in [7, 11) is 0. The Labute approximate surface area is 122 Å². The second kappa shape index (κ2) is 5.27. The van der Waals surface area contributed by atoms with Crippen LogP contribution in [0.3, 0.4) is 0 Å². The number of carbonyl (C=O) groups is 2. The van der Waals surface area contributed by atoms with Crippen molar-refractivity contribution in [1.82, 2.24) is 4.90 Å². The van der Waals surface area contributed by atoms with Gasteiger partial charge in [0.05, 0.1) is 12.0 Å². The normalized spacial score (nSPS) is 24.2. The Morgan fingerprint density at radius 3 is 2.86 bits per heavy atom. The van der Waals surface area contributed by atoms with Gasteiger partial charge in [-0.3, -0.25) is 9.59 Å². The van der Waals surface area contributed by atoms with E-state index in [1.54, 1.807) is 17.0 Å². The summed E-state index contributed by atoms with van der Waals surface area (Å²) >= 11 is 0. The third-order valence-electron chi connectivity index (χ3n) is 4.10. The van der Waals surface area contributed by atoms with Crippen LogP contribution < -0.4 is 9.47 Å². The molecule has 2 aliphatic heterocycles. The Balaban J connectivity index is 2.01. The minimum Gasteiger partial charge on any atom is -0.481 e. The summed E-state index contributed by atoms with van der Waals surface area (Å²) in [6.07, 6.45) is 0.648. The van der Waals surface area contributed by atoms with Crippen molar-refractivity contribution in [2.75, 3.05) is 13.3 Å². The number of hydrogen-bond donors (Lipinski definition) is 1. The second-order valence-electron chi connectivity index (χ2n) is 5.22. The van der Waals surface area contributed by atoms with Crippen LogP contribution in [0.15, 0.2) is 18.2 Å². The van der Waals surface area contributed by atoms with E-state index < -0.39 is 17.9 Å². The number of hydrogen-bond acceptors (Lipinski definition) is 4. The van der Waals surface area contributed by atoms with Crippen molar-refractivity contribution in [1.29, 1.82) is 0 Å². The number of fused-ring (bicyclic) bond motifs is 1. The van der Waals surface area contributed by atoms with Crippen LogP contribution in [0.1, 0.15) is 31.4 Å². The largest absolute Gasteiger partial charge is 0.481 e. The molecule has 1 saturated heterocycles. The highest BCUT2D eigenvalue weighted by Gasteiger charge is 2.40. The first kappa shape index (κ1) is 13.7. The van der Waals surface area contributed by atoms with Crippen molar-refractivity contribution in [3.63, 3.8) is 0 Å². The zero-order valence-electron chi connectivity index (χ0n) is 11.7. The van der Waals surface area contributed by atoms with E-state index >= 15 is 0 Å². The Kier molecular flexibility index (Phi) is 3.45. The average Bonchev–Trinajstić information content (AvgIpc) is 2.93. The summed E-state index contributed by atoms with van der Waals surface area (Å²) in [5, 5.41) is 9.47. The molecule has 3 rings (SSSR count). The van der Waals surface area contributed by atoms with Gasteiger partial charge in [-0.1, -0.05) is 6.07 Å². The van der Waals surface area contributed by atoms with E-state index in [4.69, 9.17) is 9.47 Å². The highest BCUT2D eigenvalue weighted by Crippen LogP contribution is 2.41. The molecule has 6 nitrogen and oxygen atoms in total. The summed E-state index contributed by atoms with van der Waals surface area (Å²) < 4.78 is 10.6. The van der Waals surface area contributed by atoms with Crippen LogP contribution >= 0.6 is 0 Å². The van der Waals surface area contributed by atoms with Gasteiger partial charge in [-0.15, -0.1) is 0 Å². The second-order valence-corrected chi connectivity index (χ2v) is 5.22.